The van der Waals surface area contributed by atoms with Gasteiger partial charge in [-0.1, -0.05) is 19.9 Å². The van der Waals surface area contributed by atoms with Crippen molar-refractivity contribution in [3.05, 3.63) is 23.9 Å². The van der Waals surface area contributed by atoms with Crippen molar-refractivity contribution < 1.29 is 4.74 Å². The second-order valence-corrected chi connectivity index (χ2v) is 4.42. The highest BCUT2D eigenvalue weighted by Crippen LogP contribution is 2.08. The van der Waals surface area contributed by atoms with E-state index in [-0.39, 0.29) is 0 Å². The van der Waals surface area contributed by atoms with Gasteiger partial charge in [-0.3, -0.25) is 0 Å². The second kappa shape index (κ2) is 7.23. The van der Waals surface area contributed by atoms with Crippen LogP contribution in [0.2, 0.25) is 0 Å². The molecule has 1 N–H and O–H groups in total. The number of aryl methyl sites for hydroxylation is 1. The third-order valence-electron chi connectivity index (χ3n) is 2.22. The number of anilines is 1. The molecule has 0 aliphatic rings. The lowest BCUT2D eigenvalue weighted by atomic mass is 10.2. The molecular weight excluding hydrogens is 200 g/mol. The van der Waals surface area contributed by atoms with Gasteiger partial charge in [0.05, 0.1) is 0 Å². The Bertz CT molecular complexity index is 300. The fourth-order valence-corrected chi connectivity index (χ4v) is 1.37. The van der Waals surface area contributed by atoms with Crippen LogP contribution in [0, 0.1) is 12.8 Å². The van der Waals surface area contributed by atoms with E-state index in [0.29, 0.717) is 5.92 Å². The lowest BCUT2D eigenvalue weighted by Crippen LogP contribution is -2.09. The standard InChI is InChI=1S/C13H22N2O/c1-11(2)10-16-9-5-8-15-13-12(3)6-4-7-14-13/h4,6-7,11H,5,8-10H2,1-3H3,(H,14,15). The first kappa shape index (κ1) is 13.0. The van der Waals surface area contributed by atoms with Gasteiger partial charge in [-0.2, -0.15) is 0 Å². The van der Waals surface area contributed by atoms with Crippen molar-refractivity contribution in [1.82, 2.24) is 4.98 Å². The van der Waals surface area contributed by atoms with Gasteiger partial charge < -0.3 is 10.1 Å². The first-order chi connectivity index (χ1) is 7.70. The molecule has 1 aromatic heterocycles. The number of nitrogens with one attached hydrogen (secondary N) is 1. The number of aromatic nitrogens is 1. The van der Waals surface area contributed by atoms with E-state index in [4.69, 9.17) is 4.74 Å². The summed E-state index contributed by atoms with van der Waals surface area (Å²) in [7, 11) is 0. The summed E-state index contributed by atoms with van der Waals surface area (Å²) in [5, 5.41) is 3.31. The topological polar surface area (TPSA) is 34.2 Å². The Morgan fingerprint density at radius 1 is 1.44 bits per heavy atom. The van der Waals surface area contributed by atoms with Crippen LogP contribution in [0.4, 0.5) is 5.82 Å². The summed E-state index contributed by atoms with van der Waals surface area (Å²) in [6.45, 7) is 8.96. The van der Waals surface area contributed by atoms with Gasteiger partial charge in [0.25, 0.3) is 0 Å². The number of ether oxygens (including phenoxy) is 1. The lowest BCUT2D eigenvalue weighted by Gasteiger charge is -2.09. The monoisotopic (exact) mass is 222 g/mol. The Hall–Kier alpha value is -1.09. The van der Waals surface area contributed by atoms with Crippen LogP contribution in [0.5, 0.6) is 0 Å². The van der Waals surface area contributed by atoms with Crippen molar-refractivity contribution in [1.29, 1.82) is 0 Å². The highest BCUT2D eigenvalue weighted by Gasteiger charge is 1.97. The average molecular weight is 222 g/mol. The summed E-state index contributed by atoms with van der Waals surface area (Å²) >= 11 is 0. The largest absolute Gasteiger partial charge is 0.381 e. The van der Waals surface area contributed by atoms with Gasteiger partial charge in [0.1, 0.15) is 5.82 Å². The normalized spacial score (nSPS) is 10.8. The van der Waals surface area contributed by atoms with Gasteiger partial charge in [-0.25, -0.2) is 4.98 Å². The third kappa shape index (κ3) is 5.12. The number of rotatable bonds is 7. The van der Waals surface area contributed by atoms with E-state index >= 15 is 0 Å². The van der Waals surface area contributed by atoms with E-state index in [9.17, 15) is 0 Å². The molecule has 3 heteroatoms. The van der Waals surface area contributed by atoms with Crippen molar-refractivity contribution in [3.8, 4) is 0 Å². The fourth-order valence-electron chi connectivity index (χ4n) is 1.37. The molecule has 0 bridgehead atoms. The zero-order valence-electron chi connectivity index (χ0n) is 10.5. The molecule has 0 saturated carbocycles. The predicted molar refractivity (Wildman–Crippen MR) is 67.7 cm³/mol. The Morgan fingerprint density at radius 2 is 2.25 bits per heavy atom. The number of hydrogen-bond donors (Lipinski definition) is 1. The Kier molecular flexibility index (Phi) is 5.86. The van der Waals surface area contributed by atoms with Gasteiger partial charge >= 0.3 is 0 Å². The molecule has 0 atom stereocenters. The smallest absolute Gasteiger partial charge is 0.128 e. The van der Waals surface area contributed by atoms with Crippen LogP contribution in [0.1, 0.15) is 25.8 Å². The highest BCUT2D eigenvalue weighted by molar-refractivity contribution is 5.42. The Morgan fingerprint density at radius 3 is 2.94 bits per heavy atom. The first-order valence-corrected chi connectivity index (χ1v) is 5.93. The summed E-state index contributed by atoms with van der Waals surface area (Å²) in [5.41, 5.74) is 1.19. The van der Waals surface area contributed by atoms with Crippen LogP contribution in [0.15, 0.2) is 18.3 Å². The summed E-state index contributed by atoms with van der Waals surface area (Å²) in [6, 6.07) is 4.01. The minimum absolute atomic E-state index is 0.617. The third-order valence-corrected chi connectivity index (χ3v) is 2.22. The SMILES string of the molecule is Cc1cccnc1NCCCOCC(C)C. The van der Waals surface area contributed by atoms with Crippen LogP contribution < -0.4 is 5.32 Å². The molecule has 0 aliphatic carbocycles. The van der Waals surface area contributed by atoms with Gasteiger partial charge in [0.15, 0.2) is 0 Å². The van der Waals surface area contributed by atoms with Crippen LogP contribution in [0.25, 0.3) is 0 Å². The molecule has 0 fully saturated rings. The maximum Gasteiger partial charge on any atom is 0.128 e. The number of hydrogen-bond acceptors (Lipinski definition) is 3. The van der Waals surface area contributed by atoms with E-state index in [2.05, 4.69) is 37.1 Å². The summed E-state index contributed by atoms with van der Waals surface area (Å²) in [6.07, 6.45) is 2.83. The maximum absolute atomic E-state index is 5.50. The zero-order chi connectivity index (χ0) is 11.8. The molecule has 0 aromatic carbocycles. The number of pyridine rings is 1. The predicted octanol–water partition coefficient (Wildman–Crippen LogP) is 2.86. The quantitative estimate of drug-likeness (QED) is 0.720. The average Bonchev–Trinajstić information content (AvgIpc) is 2.25. The molecule has 0 unspecified atom stereocenters. The number of nitrogens with zero attached hydrogens (tertiary/aromatic N) is 1. The van der Waals surface area contributed by atoms with E-state index < -0.39 is 0 Å². The molecule has 0 spiro atoms. The van der Waals surface area contributed by atoms with Crippen LogP contribution >= 0.6 is 0 Å². The molecular formula is C13H22N2O. The second-order valence-electron chi connectivity index (χ2n) is 4.42. The molecule has 3 nitrogen and oxygen atoms in total. The van der Waals surface area contributed by atoms with E-state index in [1.54, 1.807) is 0 Å². The van der Waals surface area contributed by atoms with E-state index in [1.807, 2.05) is 12.3 Å². The van der Waals surface area contributed by atoms with Gasteiger partial charge in [-0.05, 0) is 30.9 Å². The van der Waals surface area contributed by atoms with Crippen LogP contribution in [-0.2, 0) is 4.74 Å². The Balaban J connectivity index is 2.10. The van der Waals surface area contributed by atoms with E-state index in [0.717, 1.165) is 32.0 Å². The van der Waals surface area contributed by atoms with Gasteiger partial charge in [0, 0.05) is 26.0 Å². The summed E-state index contributed by atoms with van der Waals surface area (Å²) in [4.78, 5) is 4.27. The van der Waals surface area contributed by atoms with Gasteiger partial charge in [-0.15, -0.1) is 0 Å². The van der Waals surface area contributed by atoms with Crippen LogP contribution in [-0.4, -0.2) is 24.7 Å². The Labute approximate surface area is 98.2 Å². The van der Waals surface area contributed by atoms with Crippen molar-refractivity contribution >= 4 is 5.82 Å². The summed E-state index contributed by atoms with van der Waals surface area (Å²) in [5.74, 6) is 1.59. The molecule has 0 saturated heterocycles. The minimum atomic E-state index is 0.617. The molecule has 1 aromatic rings. The lowest BCUT2D eigenvalue weighted by molar-refractivity contribution is 0.110. The molecule has 1 rings (SSSR count). The van der Waals surface area contributed by atoms with Crippen molar-refractivity contribution in [3.63, 3.8) is 0 Å². The van der Waals surface area contributed by atoms with Crippen molar-refractivity contribution in [2.24, 2.45) is 5.92 Å². The molecule has 90 valence electrons. The first-order valence-electron chi connectivity index (χ1n) is 5.93. The minimum Gasteiger partial charge on any atom is -0.381 e. The summed E-state index contributed by atoms with van der Waals surface area (Å²) < 4.78 is 5.50. The van der Waals surface area contributed by atoms with Crippen molar-refractivity contribution in [2.75, 3.05) is 25.1 Å². The molecule has 0 radical (unpaired) electrons. The van der Waals surface area contributed by atoms with E-state index in [1.165, 1.54) is 5.56 Å². The molecule has 0 aliphatic heterocycles. The fraction of sp³-hybridized carbons (Fsp3) is 0.615. The molecule has 16 heavy (non-hydrogen) atoms. The molecule has 0 amide bonds. The van der Waals surface area contributed by atoms with Crippen molar-refractivity contribution in [2.45, 2.75) is 27.2 Å². The zero-order valence-corrected chi connectivity index (χ0v) is 10.5. The van der Waals surface area contributed by atoms with Crippen LogP contribution in [0.3, 0.4) is 0 Å². The highest BCUT2D eigenvalue weighted by atomic mass is 16.5. The maximum atomic E-state index is 5.50. The van der Waals surface area contributed by atoms with Gasteiger partial charge in [0.2, 0.25) is 0 Å². The molecule has 1 heterocycles.